The highest BCUT2D eigenvalue weighted by Crippen LogP contribution is 2.08. The fourth-order valence-electron chi connectivity index (χ4n) is 0.958. The van der Waals surface area contributed by atoms with Crippen LogP contribution in [0.15, 0.2) is 12.7 Å². The SMILES string of the molecule is [CH2]C(C)CCCCCC=C. The van der Waals surface area contributed by atoms with E-state index in [9.17, 15) is 0 Å². The van der Waals surface area contributed by atoms with E-state index in [1.807, 2.05) is 6.08 Å². The van der Waals surface area contributed by atoms with Gasteiger partial charge in [0.25, 0.3) is 0 Å². The summed E-state index contributed by atoms with van der Waals surface area (Å²) in [6.07, 6.45) is 8.41. The molecule has 0 rings (SSSR count). The Morgan fingerprint density at radius 2 is 2.00 bits per heavy atom. The number of unbranched alkanes of at least 4 members (excludes halogenated alkanes) is 3. The Labute approximate surface area is 65.3 Å². The molecule has 59 valence electrons. The molecule has 0 saturated carbocycles. The van der Waals surface area contributed by atoms with Gasteiger partial charge in [0, 0.05) is 0 Å². The van der Waals surface area contributed by atoms with Gasteiger partial charge in [-0.05, 0) is 18.8 Å². The van der Waals surface area contributed by atoms with Gasteiger partial charge in [0.05, 0.1) is 0 Å². The number of hydrogen-bond donors (Lipinski definition) is 0. The van der Waals surface area contributed by atoms with Crippen molar-refractivity contribution in [1.29, 1.82) is 0 Å². The molecule has 0 bridgehead atoms. The normalized spacial score (nSPS) is 10.3. The van der Waals surface area contributed by atoms with Crippen LogP contribution in [0.5, 0.6) is 0 Å². The lowest BCUT2D eigenvalue weighted by atomic mass is 10.0. The first-order valence-electron chi connectivity index (χ1n) is 4.21. The fourth-order valence-corrected chi connectivity index (χ4v) is 0.958. The zero-order valence-electron chi connectivity index (χ0n) is 7.10. The second-order valence-corrected chi connectivity index (χ2v) is 3.03. The van der Waals surface area contributed by atoms with Crippen molar-refractivity contribution < 1.29 is 0 Å². The molecule has 0 aliphatic heterocycles. The molecule has 1 unspecified atom stereocenters. The predicted molar refractivity (Wildman–Crippen MR) is 47.8 cm³/mol. The Hall–Kier alpha value is -0.260. The molecule has 0 aromatic carbocycles. The van der Waals surface area contributed by atoms with Gasteiger partial charge in [0.15, 0.2) is 0 Å². The molecule has 0 N–H and O–H groups in total. The molecule has 0 aromatic rings. The second-order valence-electron chi connectivity index (χ2n) is 3.03. The van der Waals surface area contributed by atoms with Crippen LogP contribution >= 0.6 is 0 Å². The van der Waals surface area contributed by atoms with Crippen LogP contribution in [0.2, 0.25) is 0 Å². The highest BCUT2D eigenvalue weighted by molar-refractivity contribution is 4.65. The van der Waals surface area contributed by atoms with Crippen LogP contribution in [0.25, 0.3) is 0 Å². The van der Waals surface area contributed by atoms with E-state index < -0.39 is 0 Å². The zero-order valence-corrected chi connectivity index (χ0v) is 7.10. The Balaban J connectivity index is 2.83. The quantitative estimate of drug-likeness (QED) is 0.389. The van der Waals surface area contributed by atoms with Crippen LogP contribution in [0, 0.1) is 12.8 Å². The van der Waals surface area contributed by atoms with E-state index in [-0.39, 0.29) is 0 Å². The summed E-state index contributed by atoms with van der Waals surface area (Å²) in [5, 5.41) is 0. The third-order valence-corrected chi connectivity index (χ3v) is 1.61. The van der Waals surface area contributed by atoms with Gasteiger partial charge in [-0.3, -0.25) is 0 Å². The van der Waals surface area contributed by atoms with Gasteiger partial charge < -0.3 is 0 Å². The van der Waals surface area contributed by atoms with Crippen LogP contribution in [-0.2, 0) is 0 Å². The highest BCUT2D eigenvalue weighted by atomic mass is 14.0. The summed E-state index contributed by atoms with van der Waals surface area (Å²) in [7, 11) is 0. The van der Waals surface area contributed by atoms with Crippen molar-refractivity contribution in [3.05, 3.63) is 19.6 Å². The molecule has 0 fully saturated rings. The number of allylic oxidation sites excluding steroid dienone is 1. The highest BCUT2D eigenvalue weighted by Gasteiger charge is 1.92. The first-order chi connectivity index (χ1) is 4.77. The Morgan fingerprint density at radius 3 is 2.50 bits per heavy atom. The van der Waals surface area contributed by atoms with Gasteiger partial charge in [-0.15, -0.1) is 6.58 Å². The molecule has 0 spiro atoms. The van der Waals surface area contributed by atoms with Crippen LogP contribution < -0.4 is 0 Å². The van der Waals surface area contributed by atoms with Crippen molar-refractivity contribution in [2.75, 3.05) is 0 Å². The van der Waals surface area contributed by atoms with Crippen LogP contribution in [0.1, 0.15) is 39.0 Å². The Kier molecular flexibility index (Phi) is 6.68. The van der Waals surface area contributed by atoms with E-state index in [1.165, 1.54) is 32.1 Å². The molecule has 0 nitrogen and oxygen atoms in total. The summed E-state index contributed by atoms with van der Waals surface area (Å²) in [4.78, 5) is 0. The van der Waals surface area contributed by atoms with Crippen molar-refractivity contribution in [1.82, 2.24) is 0 Å². The number of rotatable bonds is 6. The molecule has 0 amide bonds. The summed E-state index contributed by atoms with van der Waals surface area (Å²) >= 11 is 0. The van der Waals surface area contributed by atoms with Gasteiger partial charge >= 0.3 is 0 Å². The summed E-state index contributed by atoms with van der Waals surface area (Å²) in [6, 6.07) is 0. The molecular weight excluding hydrogens is 120 g/mol. The maximum atomic E-state index is 3.94. The van der Waals surface area contributed by atoms with Crippen LogP contribution in [0.3, 0.4) is 0 Å². The summed E-state index contributed by atoms with van der Waals surface area (Å²) in [5.74, 6) is 0.628. The standard InChI is InChI=1S/C10H19/c1-4-5-6-7-8-9-10(2)3/h4,10H,1-2,5-9H2,3H3. The van der Waals surface area contributed by atoms with Gasteiger partial charge in [-0.1, -0.05) is 39.2 Å². The molecule has 0 aliphatic rings. The minimum absolute atomic E-state index is 0.628. The van der Waals surface area contributed by atoms with Crippen molar-refractivity contribution in [2.24, 2.45) is 5.92 Å². The summed E-state index contributed by atoms with van der Waals surface area (Å²) < 4.78 is 0. The van der Waals surface area contributed by atoms with Gasteiger partial charge in [0.1, 0.15) is 0 Å². The van der Waals surface area contributed by atoms with Crippen molar-refractivity contribution in [2.45, 2.75) is 39.0 Å². The van der Waals surface area contributed by atoms with Gasteiger partial charge in [-0.2, -0.15) is 0 Å². The van der Waals surface area contributed by atoms with Gasteiger partial charge in [-0.25, -0.2) is 0 Å². The number of hydrogen-bond acceptors (Lipinski definition) is 0. The van der Waals surface area contributed by atoms with E-state index >= 15 is 0 Å². The zero-order chi connectivity index (χ0) is 7.82. The first-order valence-corrected chi connectivity index (χ1v) is 4.21. The third-order valence-electron chi connectivity index (χ3n) is 1.61. The maximum Gasteiger partial charge on any atom is -0.0353 e. The Morgan fingerprint density at radius 1 is 1.30 bits per heavy atom. The first kappa shape index (κ1) is 9.74. The molecule has 1 radical (unpaired) electrons. The van der Waals surface area contributed by atoms with Crippen molar-refractivity contribution >= 4 is 0 Å². The second kappa shape index (κ2) is 6.85. The average Bonchev–Trinajstić information content (AvgIpc) is 1.87. The molecule has 0 aliphatic carbocycles. The fraction of sp³-hybridized carbons (Fsp3) is 0.700. The monoisotopic (exact) mass is 139 g/mol. The summed E-state index contributed by atoms with van der Waals surface area (Å²) in [6.45, 7) is 9.79. The summed E-state index contributed by atoms with van der Waals surface area (Å²) in [5.41, 5.74) is 0. The van der Waals surface area contributed by atoms with E-state index in [0.29, 0.717) is 5.92 Å². The average molecular weight is 139 g/mol. The van der Waals surface area contributed by atoms with Crippen molar-refractivity contribution in [3.63, 3.8) is 0 Å². The van der Waals surface area contributed by atoms with Crippen LogP contribution in [0.4, 0.5) is 0 Å². The van der Waals surface area contributed by atoms with Crippen molar-refractivity contribution in [3.8, 4) is 0 Å². The Bertz CT molecular complexity index is 72.1. The lowest BCUT2D eigenvalue weighted by molar-refractivity contribution is 0.565. The minimum atomic E-state index is 0.628. The van der Waals surface area contributed by atoms with Crippen LogP contribution in [-0.4, -0.2) is 0 Å². The smallest absolute Gasteiger partial charge is 0.0353 e. The van der Waals surface area contributed by atoms with Gasteiger partial charge in [0.2, 0.25) is 0 Å². The molecule has 0 saturated heterocycles. The molecule has 0 heteroatoms. The molecule has 10 heavy (non-hydrogen) atoms. The van der Waals surface area contributed by atoms with E-state index in [0.717, 1.165) is 0 Å². The minimum Gasteiger partial charge on any atom is -0.103 e. The molecule has 1 atom stereocenters. The largest absolute Gasteiger partial charge is 0.103 e. The predicted octanol–water partition coefficient (Wildman–Crippen LogP) is 3.59. The van der Waals surface area contributed by atoms with E-state index in [2.05, 4.69) is 20.4 Å². The molecule has 0 heterocycles. The molecular formula is C10H19. The lowest BCUT2D eigenvalue weighted by Gasteiger charge is -2.01. The lowest BCUT2D eigenvalue weighted by Crippen LogP contribution is -1.86. The molecule has 0 aromatic heterocycles. The van der Waals surface area contributed by atoms with E-state index in [1.54, 1.807) is 0 Å². The van der Waals surface area contributed by atoms with E-state index in [4.69, 9.17) is 0 Å². The maximum absolute atomic E-state index is 3.94. The topological polar surface area (TPSA) is 0 Å². The third kappa shape index (κ3) is 7.74.